The molecule has 0 amide bonds. The maximum absolute atomic E-state index is 13.6. The molecule has 0 unspecified atom stereocenters. The van der Waals surface area contributed by atoms with Crippen molar-refractivity contribution in [1.29, 1.82) is 0 Å². The molecule has 3 aromatic carbocycles. The number of nitrogens with zero attached hydrogens (tertiary/aromatic N) is 1. The second-order valence-electron chi connectivity index (χ2n) is 6.90. The second-order valence-corrected chi connectivity index (χ2v) is 6.90. The van der Waals surface area contributed by atoms with Gasteiger partial charge in [0.1, 0.15) is 12.9 Å². The van der Waals surface area contributed by atoms with Crippen LogP contribution in [0, 0.1) is 26.6 Å². The molecule has 0 radical (unpaired) electrons. The van der Waals surface area contributed by atoms with Gasteiger partial charge < -0.3 is 0 Å². The highest BCUT2D eigenvalue weighted by molar-refractivity contribution is 6.03. The lowest BCUT2D eigenvalue weighted by molar-refractivity contribution is -0.632. The zero-order chi connectivity index (χ0) is 17.7. The predicted octanol–water partition coefficient (Wildman–Crippen LogP) is 5.55. The maximum atomic E-state index is 13.6. The molecule has 0 fully saturated rings. The van der Waals surface area contributed by atoms with Crippen LogP contribution in [0.5, 0.6) is 0 Å². The van der Waals surface area contributed by atoms with Crippen LogP contribution < -0.4 is 4.57 Å². The third-order valence-corrected chi connectivity index (χ3v) is 5.19. The molecule has 1 nitrogen and oxygen atoms in total. The molecule has 0 aliphatic heterocycles. The topological polar surface area (TPSA) is 3.88 Å². The number of aryl methyl sites for hydroxylation is 3. The zero-order valence-electron chi connectivity index (χ0n) is 15.0. The Morgan fingerprint density at radius 3 is 2.32 bits per heavy atom. The van der Waals surface area contributed by atoms with E-state index in [0.29, 0.717) is 0 Å². The summed E-state index contributed by atoms with van der Waals surface area (Å²) in [7, 11) is 2.09. The fraction of sp³-hybridized carbons (Fsp3) is 0.174. The fourth-order valence-electron chi connectivity index (χ4n) is 3.79. The summed E-state index contributed by atoms with van der Waals surface area (Å²) >= 11 is 0. The molecule has 4 rings (SSSR count). The quantitative estimate of drug-likeness (QED) is 0.318. The number of benzene rings is 3. The fourth-order valence-corrected chi connectivity index (χ4v) is 3.79. The van der Waals surface area contributed by atoms with Crippen LogP contribution in [-0.4, -0.2) is 0 Å². The number of halogens is 1. The van der Waals surface area contributed by atoms with Crippen molar-refractivity contribution in [3.8, 4) is 11.3 Å². The smallest absolute Gasteiger partial charge is 0.207 e. The first-order chi connectivity index (χ1) is 12.0. The van der Waals surface area contributed by atoms with Gasteiger partial charge in [0.2, 0.25) is 11.2 Å². The van der Waals surface area contributed by atoms with Gasteiger partial charge in [0.25, 0.3) is 0 Å². The Bertz CT molecular complexity index is 1140. The van der Waals surface area contributed by atoms with Crippen LogP contribution in [0.15, 0.2) is 54.6 Å². The normalized spacial score (nSPS) is 11.4. The number of fused-ring (bicyclic) bond motifs is 3. The summed E-state index contributed by atoms with van der Waals surface area (Å²) in [4.78, 5) is 0. The summed E-state index contributed by atoms with van der Waals surface area (Å²) in [5.41, 5.74) is 7.42. The van der Waals surface area contributed by atoms with E-state index in [9.17, 15) is 4.39 Å². The molecular weight excluding hydrogens is 309 g/mol. The molecular formula is C23H21FN+. The molecule has 0 atom stereocenters. The van der Waals surface area contributed by atoms with Gasteiger partial charge in [-0.25, -0.2) is 4.39 Å². The van der Waals surface area contributed by atoms with Gasteiger partial charge >= 0.3 is 0 Å². The van der Waals surface area contributed by atoms with Crippen LogP contribution in [0.4, 0.5) is 4.39 Å². The minimum absolute atomic E-state index is 0.198. The van der Waals surface area contributed by atoms with E-state index in [0.717, 1.165) is 21.7 Å². The maximum Gasteiger partial charge on any atom is 0.220 e. The Hall–Kier alpha value is -2.74. The van der Waals surface area contributed by atoms with Crippen molar-refractivity contribution in [2.75, 3.05) is 0 Å². The Labute approximate surface area is 147 Å². The molecule has 0 aliphatic rings. The van der Waals surface area contributed by atoms with Crippen LogP contribution in [-0.2, 0) is 7.05 Å². The molecule has 1 aromatic heterocycles. The van der Waals surface area contributed by atoms with E-state index in [-0.39, 0.29) is 5.82 Å². The van der Waals surface area contributed by atoms with E-state index in [1.54, 1.807) is 6.07 Å². The van der Waals surface area contributed by atoms with Crippen LogP contribution in [0.25, 0.3) is 32.9 Å². The van der Waals surface area contributed by atoms with E-state index in [1.807, 2.05) is 12.1 Å². The van der Waals surface area contributed by atoms with Crippen LogP contribution >= 0.6 is 0 Å². The van der Waals surface area contributed by atoms with Crippen molar-refractivity contribution < 1.29 is 8.96 Å². The van der Waals surface area contributed by atoms with Gasteiger partial charge in [-0.15, -0.1) is 0 Å². The standard InChI is InChI=1S/C23H21FN/c1-14-11-15(2)16(3)21(12-14)22-10-7-17-5-6-18-13-19(24)8-9-20(18)23(17)25(22)4/h5-13H,1-4H3/q+1. The average molecular weight is 330 g/mol. The summed E-state index contributed by atoms with van der Waals surface area (Å²) in [5, 5.41) is 3.16. The lowest BCUT2D eigenvalue weighted by Crippen LogP contribution is -2.32. The Kier molecular flexibility index (Phi) is 3.57. The largest absolute Gasteiger partial charge is 0.220 e. The second kappa shape index (κ2) is 5.66. The van der Waals surface area contributed by atoms with Gasteiger partial charge in [-0.3, -0.25) is 0 Å². The molecule has 25 heavy (non-hydrogen) atoms. The van der Waals surface area contributed by atoms with Gasteiger partial charge in [-0.2, -0.15) is 4.57 Å². The molecule has 2 heteroatoms. The van der Waals surface area contributed by atoms with E-state index in [1.165, 1.54) is 34.0 Å². The molecule has 0 saturated heterocycles. The van der Waals surface area contributed by atoms with Crippen molar-refractivity contribution in [3.05, 3.63) is 77.1 Å². The first kappa shape index (κ1) is 15.8. The lowest BCUT2D eigenvalue weighted by atomic mass is 9.96. The molecule has 1 heterocycles. The van der Waals surface area contributed by atoms with Crippen LogP contribution in [0.1, 0.15) is 16.7 Å². The van der Waals surface area contributed by atoms with Crippen LogP contribution in [0.3, 0.4) is 0 Å². The molecule has 0 saturated carbocycles. The minimum atomic E-state index is -0.198. The van der Waals surface area contributed by atoms with Crippen LogP contribution in [0.2, 0.25) is 0 Å². The molecule has 4 aromatic rings. The first-order valence-corrected chi connectivity index (χ1v) is 8.55. The lowest BCUT2D eigenvalue weighted by Gasteiger charge is -2.11. The average Bonchev–Trinajstić information content (AvgIpc) is 2.58. The van der Waals surface area contributed by atoms with Gasteiger partial charge in [-0.05, 0) is 73.7 Å². The molecule has 124 valence electrons. The first-order valence-electron chi connectivity index (χ1n) is 8.55. The van der Waals surface area contributed by atoms with Gasteiger partial charge in [0.15, 0.2) is 0 Å². The van der Waals surface area contributed by atoms with Gasteiger partial charge in [0.05, 0.1) is 5.39 Å². The SMILES string of the molecule is Cc1cc(C)c(C)c(-c2ccc3ccc4cc(F)ccc4c3[n+]2C)c1. The van der Waals surface area contributed by atoms with Crippen molar-refractivity contribution >= 4 is 21.7 Å². The predicted molar refractivity (Wildman–Crippen MR) is 102 cm³/mol. The van der Waals surface area contributed by atoms with E-state index in [2.05, 4.69) is 62.7 Å². The molecule has 0 aliphatic carbocycles. The van der Waals surface area contributed by atoms with Crippen molar-refractivity contribution in [3.63, 3.8) is 0 Å². The number of hydrogen-bond donors (Lipinski definition) is 0. The Balaban J connectivity index is 2.11. The summed E-state index contributed by atoms with van der Waals surface area (Å²) < 4.78 is 15.8. The number of aromatic nitrogens is 1. The highest BCUT2D eigenvalue weighted by Gasteiger charge is 2.19. The highest BCUT2D eigenvalue weighted by atomic mass is 19.1. The van der Waals surface area contributed by atoms with Gasteiger partial charge in [-0.1, -0.05) is 17.7 Å². The minimum Gasteiger partial charge on any atom is -0.207 e. The summed E-state index contributed by atoms with van der Waals surface area (Å²) in [6.07, 6.45) is 0. The van der Waals surface area contributed by atoms with Crippen molar-refractivity contribution in [2.45, 2.75) is 20.8 Å². The molecule has 0 spiro atoms. The van der Waals surface area contributed by atoms with Crippen molar-refractivity contribution in [1.82, 2.24) is 0 Å². The number of rotatable bonds is 1. The Morgan fingerprint density at radius 2 is 1.52 bits per heavy atom. The Morgan fingerprint density at radius 1 is 0.800 bits per heavy atom. The zero-order valence-corrected chi connectivity index (χ0v) is 15.0. The summed E-state index contributed by atoms with van der Waals surface area (Å²) in [6.45, 7) is 6.47. The van der Waals surface area contributed by atoms with Crippen molar-refractivity contribution in [2.24, 2.45) is 7.05 Å². The molecule has 0 N–H and O–H groups in total. The van der Waals surface area contributed by atoms with E-state index < -0.39 is 0 Å². The number of pyridine rings is 1. The van der Waals surface area contributed by atoms with E-state index in [4.69, 9.17) is 0 Å². The summed E-state index contributed by atoms with van der Waals surface area (Å²) in [5.74, 6) is -0.198. The molecule has 0 bridgehead atoms. The highest BCUT2D eigenvalue weighted by Crippen LogP contribution is 2.29. The summed E-state index contributed by atoms with van der Waals surface area (Å²) in [6, 6.07) is 17.9. The third-order valence-electron chi connectivity index (χ3n) is 5.19. The van der Waals surface area contributed by atoms with Gasteiger partial charge in [0, 0.05) is 17.0 Å². The van der Waals surface area contributed by atoms with E-state index >= 15 is 0 Å². The third kappa shape index (κ3) is 2.49. The number of hydrogen-bond acceptors (Lipinski definition) is 0. The monoisotopic (exact) mass is 330 g/mol.